The quantitative estimate of drug-likeness (QED) is 0.906. The summed E-state index contributed by atoms with van der Waals surface area (Å²) in [6.07, 6.45) is 0. The zero-order valence-electron chi connectivity index (χ0n) is 13.6. The molecule has 0 atom stereocenters. The molecule has 2 aromatic carbocycles. The van der Waals surface area contributed by atoms with Gasteiger partial charge in [0, 0.05) is 43.4 Å². The number of nitrogens with zero attached hydrogens (tertiary/aromatic N) is 2. The summed E-state index contributed by atoms with van der Waals surface area (Å²) in [5.41, 5.74) is 2.08. The minimum absolute atomic E-state index is 0.0458. The van der Waals surface area contributed by atoms with Crippen molar-refractivity contribution >= 4 is 23.2 Å². The van der Waals surface area contributed by atoms with E-state index in [2.05, 4.69) is 21.2 Å². The van der Waals surface area contributed by atoms with E-state index in [1.807, 2.05) is 48.5 Å². The summed E-state index contributed by atoms with van der Waals surface area (Å²) in [4.78, 5) is 16.7. The molecule has 0 aliphatic carbocycles. The molecule has 0 radical (unpaired) electrons. The average Bonchev–Trinajstić information content (AvgIpc) is 2.57. The zero-order chi connectivity index (χ0) is 16.8. The lowest BCUT2D eigenvalue weighted by Crippen LogP contribution is -2.48. The van der Waals surface area contributed by atoms with E-state index in [1.165, 1.54) is 5.56 Å². The van der Waals surface area contributed by atoms with E-state index in [1.54, 1.807) is 0 Å². The number of hydrogen-bond donors (Lipinski definition) is 1. The van der Waals surface area contributed by atoms with Crippen LogP contribution in [0.1, 0.15) is 5.56 Å². The number of rotatable bonds is 5. The first-order valence-electron chi connectivity index (χ1n) is 8.23. The molecule has 0 aromatic heterocycles. The van der Waals surface area contributed by atoms with Crippen LogP contribution in [0.3, 0.4) is 0 Å². The van der Waals surface area contributed by atoms with Gasteiger partial charge in [0.2, 0.25) is 5.91 Å². The minimum atomic E-state index is 0.0458. The lowest BCUT2D eigenvalue weighted by molar-refractivity contribution is -0.117. The second kappa shape index (κ2) is 8.29. The smallest absolute Gasteiger partial charge is 0.238 e. The van der Waals surface area contributed by atoms with Crippen LogP contribution in [0.4, 0.5) is 5.69 Å². The number of piperazine rings is 1. The highest BCUT2D eigenvalue weighted by molar-refractivity contribution is 6.30. The predicted octanol–water partition coefficient (Wildman–Crippen LogP) is 3.10. The lowest BCUT2D eigenvalue weighted by atomic mass is 10.2. The molecule has 1 aliphatic heterocycles. The number of hydrogen-bond acceptors (Lipinski definition) is 3. The number of carbonyl (C=O) groups is 1. The van der Waals surface area contributed by atoms with Crippen molar-refractivity contribution in [2.24, 2.45) is 0 Å². The summed E-state index contributed by atoms with van der Waals surface area (Å²) in [6.45, 7) is 5.09. The molecule has 0 bridgehead atoms. The van der Waals surface area contributed by atoms with E-state index in [9.17, 15) is 4.79 Å². The average molecular weight is 344 g/mol. The Morgan fingerprint density at radius 3 is 2.38 bits per heavy atom. The fourth-order valence-corrected chi connectivity index (χ4v) is 3.14. The highest BCUT2D eigenvalue weighted by atomic mass is 35.5. The normalized spacial score (nSPS) is 16.0. The molecule has 1 saturated heterocycles. The predicted molar refractivity (Wildman–Crippen MR) is 98.2 cm³/mol. The maximum absolute atomic E-state index is 12.1. The van der Waals surface area contributed by atoms with Gasteiger partial charge in [0.15, 0.2) is 0 Å². The van der Waals surface area contributed by atoms with E-state index >= 15 is 0 Å². The van der Waals surface area contributed by atoms with Gasteiger partial charge < -0.3 is 5.32 Å². The van der Waals surface area contributed by atoms with Gasteiger partial charge in [-0.1, -0.05) is 41.9 Å². The summed E-state index contributed by atoms with van der Waals surface area (Å²) in [7, 11) is 0. The van der Waals surface area contributed by atoms with Crippen molar-refractivity contribution in [3.8, 4) is 0 Å². The van der Waals surface area contributed by atoms with Gasteiger partial charge in [0.1, 0.15) is 0 Å². The SMILES string of the molecule is O=C(CN1CCN(Cc2cccc(Cl)c2)CC1)Nc1ccccc1. The van der Waals surface area contributed by atoms with Crippen LogP contribution >= 0.6 is 11.6 Å². The summed E-state index contributed by atoms with van der Waals surface area (Å²) in [5, 5.41) is 3.72. The molecule has 2 aromatic rings. The topological polar surface area (TPSA) is 35.6 Å². The van der Waals surface area contributed by atoms with Gasteiger partial charge in [0.05, 0.1) is 6.54 Å². The maximum atomic E-state index is 12.1. The van der Waals surface area contributed by atoms with Gasteiger partial charge in [0.25, 0.3) is 0 Å². The molecule has 0 unspecified atom stereocenters. The number of nitrogens with one attached hydrogen (secondary N) is 1. The Balaban J connectivity index is 1.42. The molecule has 0 spiro atoms. The third kappa shape index (κ3) is 5.06. The van der Waals surface area contributed by atoms with Crippen LogP contribution < -0.4 is 5.32 Å². The Hall–Kier alpha value is -1.88. The fourth-order valence-electron chi connectivity index (χ4n) is 2.92. The van der Waals surface area contributed by atoms with Crippen LogP contribution in [0.25, 0.3) is 0 Å². The molecular formula is C19H22ClN3O. The standard InChI is InChI=1S/C19H22ClN3O/c20-17-6-4-5-16(13-17)14-22-9-11-23(12-10-22)15-19(24)21-18-7-2-1-3-8-18/h1-8,13H,9-12,14-15H2,(H,21,24). The molecule has 1 aliphatic rings. The number of carbonyl (C=O) groups excluding carboxylic acids is 1. The molecule has 24 heavy (non-hydrogen) atoms. The lowest BCUT2D eigenvalue weighted by Gasteiger charge is -2.34. The van der Waals surface area contributed by atoms with E-state index in [4.69, 9.17) is 11.6 Å². The second-order valence-corrected chi connectivity index (χ2v) is 6.53. The first-order chi connectivity index (χ1) is 11.7. The zero-order valence-corrected chi connectivity index (χ0v) is 14.4. The van der Waals surface area contributed by atoms with E-state index < -0.39 is 0 Å². The Morgan fingerprint density at radius 1 is 0.958 bits per heavy atom. The number of benzene rings is 2. The third-order valence-corrected chi connectivity index (χ3v) is 4.42. The number of halogens is 1. The number of anilines is 1. The Bertz CT molecular complexity index is 669. The highest BCUT2D eigenvalue weighted by Crippen LogP contribution is 2.14. The summed E-state index contributed by atoms with van der Waals surface area (Å²) in [5.74, 6) is 0.0458. The fraction of sp³-hybridized carbons (Fsp3) is 0.316. The molecule has 3 rings (SSSR count). The highest BCUT2D eigenvalue weighted by Gasteiger charge is 2.19. The van der Waals surface area contributed by atoms with Crippen molar-refractivity contribution in [3.05, 3.63) is 65.2 Å². The van der Waals surface area contributed by atoms with Gasteiger partial charge in [-0.25, -0.2) is 0 Å². The molecule has 4 nitrogen and oxygen atoms in total. The Kier molecular flexibility index (Phi) is 5.86. The minimum Gasteiger partial charge on any atom is -0.325 e. The second-order valence-electron chi connectivity index (χ2n) is 6.10. The first kappa shape index (κ1) is 17.0. The summed E-state index contributed by atoms with van der Waals surface area (Å²) < 4.78 is 0. The van der Waals surface area contributed by atoms with Crippen molar-refractivity contribution < 1.29 is 4.79 Å². The first-order valence-corrected chi connectivity index (χ1v) is 8.61. The molecule has 1 amide bonds. The van der Waals surface area contributed by atoms with Crippen molar-refractivity contribution in [2.75, 3.05) is 38.0 Å². The van der Waals surface area contributed by atoms with Crippen LogP contribution in [0.2, 0.25) is 5.02 Å². The van der Waals surface area contributed by atoms with Crippen molar-refractivity contribution in [1.82, 2.24) is 9.80 Å². The van der Waals surface area contributed by atoms with Gasteiger partial charge in [-0.3, -0.25) is 14.6 Å². The molecular weight excluding hydrogens is 322 g/mol. The van der Waals surface area contributed by atoms with Gasteiger partial charge >= 0.3 is 0 Å². The molecule has 1 heterocycles. The van der Waals surface area contributed by atoms with Crippen LogP contribution in [0.5, 0.6) is 0 Å². The molecule has 1 fully saturated rings. The van der Waals surface area contributed by atoms with E-state index in [0.717, 1.165) is 43.4 Å². The van der Waals surface area contributed by atoms with Crippen LogP contribution in [-0.2, 0) is 11.3 Å². The molecule has 5 heteroatoms. The Morgan fingerprint density at radius 2 is 1.67 bits per heavy atom. The number of amides is 1. The van der Waals surface area contributed by atoms with Crippen molar-refractivity contribution in [3.63, 3.8) is 0 Å². The van der Waals surface area contributed by atoms with E-state index in [0.29, 0.717) is 6.54 Å². The van der Waals surface area contributed by atoms with Crippen LogP contribution in [0.15, 0.2) is 54.6 Å². The van der Waals surface area contributed by atoms with Crippen molar-refractivity contribution in [2.45, 2.75) is 6.54 Å². The summed E-state index contributed by atoms with van der Waals surface area (Å²) >= 11 is 6.04. The molecule has 126 valence electrons. The summed E-state index contributed by atoms with van der Waals surface area (Å²) in [6, 6.07) is 17.6. The monoisotopic (exact) mass is 343 g/mol. The van der Waals surface area contributed by atoms with Gasteiger partial charge in [-0.05, 0) is 29.8 Å². The molecule has 0 saturated carbocycles. The van der Waals surface area contributed by atoms with Crippen molar-refractivity contribution in [1.29, 1.82) is 0 Å². The largest absolute Gasteiger partial charge is 0.325 e. The van der Waals surface area contributed by atoms with Crippen LogP contribution in [-0.4, -0.2) is 48.4 Å². The van der Waals surface area contributed by atoms with E-state index in [-0.39, 0.29) is 5.91 Å². The maximum Gasteiger partial charge on any atom is 0.238 e. The third-order valence-electron chi connectivity index (χ3n) is 4.18. The van der Waals surface area contributed by atoms with Gasteiger partial charge in [-0.2, -0.15) is 0 Å². The van der Waals surface area contributed by atoms with Crippen LogP contribution in [0, 0.1) is 0 Å². The number of para-hydroxylation sites is 1. The van der Waals surface area contributed by atoms with Gasteiger partial charge in [-0.15, -0.1) is 0 Å². The molecule has 1 N–H and O–H groups in total. The Labute approximate surface area is 148 Å².